The topological polar surface area (TPSA) is 38.7 Å². The van der Waals surface area contributed by atoms with Gasteiger partial charge in [-0.1, -0.05) is 0 Å². The minimum absolute atomic E-state index is 0.123. The predicted octanol–water partition coefficient (Wildman–Crippen LogP) is 1.73. The number of fused-ring (bicyclic) bond motifs is 1. The Morgan fingerprint density at radius 2 is 2.46 bits per heavy atom. The van der Waals surface area contributed by atoms with Gasteiger partial charge in [0.1, 0.15) is 5.75 Å². The van der Waals surface area contributed by atoms with Crippen molar-refractivity contribution in [3.05, 3.63) is 17.7 Å². The molecule has 0 bridgehead atoms. The van der Waals surface area contributed by atoms with E-state index in [0.717, 1.165) is 12.0 Å². The maximum absolute atomic E-state index is 9.50. The Kier molecular flexibility index (Phi) is 1.72. The Balaban J connectivity index is 2.41. The second kappa shape index (κ2) is 3.17. The monoisotopic (exact) mass is 181 g/mol. The van der Waals surface area contributed by atoms with Crippen molar-refractivity contribution in [2.75, 3.05) is 13.7 Å². The van der Waals surface area contributed by atoms with Crippen LogP contribution < -0.4 is 9.47 Å². The average Bonchev–Trinajstić information content (AvgIpc) is 2.17. The third-order valence-corrected chi connectivity index (χ3v) is 2.10. The lowest BCUT2D eigenvalue weighted by atomic mass is 10.1. The van der Waals surface area contributed by atoms with E-state index in [4.69, 9.17) is 10.8 Å². The Morgan fingerprint density at radius 3 is 3.23 bits per heavy atom. The van der Waals surface area contributed by atoms with Gasteiger partial charge in [0.05, 0.1) is 15.1 Å². The highest BCUT2D eigenvalue weighted by Crippen LogP contribution is 2.35. The first-order chi connectivity index (χ1) is 6.70. The van der Waals surface area contributed by atoms with Crippen LogP contribution in [0, 0.1) is 0 Å². The van der Waals surface area contributed by atoms with Gasteiger partial charge in [0.25, 0.3) is 0 Å². The number of aromatic hydroxyl groups is 1. The third kappa shape index (κ3) is 1.41. The molecule has 3 heteroatoms. The molecule has 0 fully saturated rings. The molecule has 13 heavy (non-hydrogen) atoms. The fourth-order valence-corrected chi connectivity index (χ4v) is 1.42. The summed E-state index contributed by atoms with van der Waals surface area (Å²) in [5.74, 6) is 1.15. The van der Waals surface area contributed by atoms with Crippen LogP contribution in [0.15, 0.2) is 12.1 Å². The first-order valence-electron chi connectivity index (χ1n) is 4.77. The number of hydrogen-bond acceptors (Lipinski definition) is 3. The van der Waals surface area contributed by atoms with Gasteiger partial charge in [0, 0.05) is 6.07 Å². The summed E-state index contributed by atoms with van der Waals surface area (Å²) in [6, 6.07) is 3.27. The maximum atomic E-state index is 9.50. The molecule has 1 unspecified atom stereocenters. The zero-order valence-electron chi connectivity index (χ0n) is 8.41. The Labute approximate surface area is 78.3 Å². The van der Waals surface area contributed by atoms with Gasteiger partial charge >= 0.3 is 0 Å². The molecule has 70 valence electrons. The highest BCUT2D eigenvalue weighted by atomic mass is 16.5. The van der Waals surface area contributed by atoms with Crippen molar-refractivity contribution in [3.8, 4) is 17.2 Å². The molecule has 2 rings (SSSR count). The van der Waals surface area contributed by atoms with Crippen LogP contribution in [0.3, 0.4) is 0 Å². The van der Waals surface area contributed by atoms with Crippen LogP contribution in [0.25, 0.3) is 0 Å². The lowest BCUT2D eigenvalue weighted by Crippen LogP contribution is -2.08. The molecule has 1 aromatic carbocycles. The van der Waals surface area contributed by atoms with Gasteiger partial charge in [-0.05, 0) is 24.5 Å². The Morgan fingerprint density at radius 1 is 1.62 bits per heavy atom. The van der Waals surface area contributed by atoms with Crippen molar-refractivity contribution in [1.29, 1.82) is 0 Å². The lowest BCUT2D eigenvalue weighted by Gasteiger charge is -2.18. The standard InChI is InChI=1S/C10H12O3/c1-12-10-6-9-7(5-8(10)11)3-2-4-13-9/h5-6,11H,2-4H2,1H3/i4D. The van der Waals surface area contributed by atoms with Gasteiger partial charge in [0.2, 0.25) is 0 Å². The van der Waals surface area contributed by atoms with Crippen molar-refractivity contribution in [2.45, 2.75) is 12.8 Å². The van der Waals surface area contributed by atoms with E-state index in [2.05, 4.69) is 0 Å². The third-order valence-electron chi connectivity index (χ3n) is 2.10. The number of phenols is 1. The van der Waals surface area contributed by atoms with E-state index >= 15 is 0 Å². The second-order valence-electron chi connectivity index (χ2n) is 2.95. The van der Waals surface area contributed by atoms with E-state index in [9.17, 15) is 5.11 Å². The van der Waals surface area contributed by atoms with Gasteiger partial charge < -0.3 is 14.6 Å². The van der Waals surface area contributed by atoms with Gasteiger partial charge in [-0.3, -0.25) is 0 Å². The van der Waals surface area contributed by atoms with E-state index < -0.39 is 6.58 Å². The van der Waals surface area contributed by atoms with Crippen LogP contribution in [-0.2, 0) is 6.42 Å². The highest BCUT2D eigenvalue weighted by Gasteiger charge is 2.14. The summed E-state index contributed by atoms with van der Waals surface area (Å²) in [6.07, 6.45) is 1.43. The number of aryl methyl sites for hydroxylation is 1. The number of methoxy groups -OCH3 is 1. The first kappa shape index (κ1) is 7.06. The summed E-state index contributed by atoms with van der Waals surface area (Å²) >= 11 is 0. The van der Waals surface area contributed by atoms with Gasteiger partial charge in [-0.15, -0.1) is 0 Å². The summed E-state index contributed by atoms with van der Waals surface area (Å²) in [7, 11) is 1.49. The predicted molar refractivity (Wildman–Crippen MR) is 48.5 cm³/mol. The van der Waals surface area contributed by atoms with Crippen LogP contribution in [0.2, 0.25) is 0 Å². The molecular weight excluding hydrogens is 168 g/mol. The van der Waals surface area contributed by atoms with Crippen LogP contribution in [0.5, 0.6) is 17.2 Å². The smallest absolute Gasteiger partial charge is 0.164 e. The van der Waals surface area contributed by atoms with Gasteiger partial charge in [-0.25, -0.2) is 0 Å². The fourth-order valence-electron chi connectivity index (χ4n) is 1.42. The Hall–Kier alpha value is -1.38. The van der Waals surface area contributed by atoms with Crippen molar-refractivity contribution in [3.63, 3.8) is 0 Å². The van der Waals surface area contributed by atoms with E-state index in [-0.39, 0.29) is 5.75 Å². The largest absolute Gasteiger partial charge is 0.504 e. The Bertz CT molecular complexity index is 351. The van der Waals surface area contributed by atoms with Crippen molar-refractivity contribution < 1.29 is 16.0 Å². The summed E-state index contributed by atoms with van der Waals surface area (Å²) in [5, 5.41) is 9.50. The molecular formula is C10H12O3. The summed E-state index contributed by atoms with van der Waals surface area (Å²) < 4.78 is 17.7. The molecule has 1 aromatic rings. The van der Waals surface area contributed by atoms with Gasteiger partial charge in [-0.2, -0.15) is 0 Å². The quantitative estimate of drug-likeness (QED) is 0.717. The molecule has 1 N–H and O–H groups in total. The zero-order chi connectivity index (χ0) is 10.1. The molecule has 1 atom stereocenters. The summed E-state index contributed by atoms with van der Waals surface area (Å²) in [6.45, 7) is -0.503. The van der Waals surface area contributed by atoms with Crippen LogP contribution in [0.4, 0.5) is 0 Å². The van der Waals surface area contributed by atoms with Crippen molar-refractivity contribution in [2.24, 2.45) is 0 Å². The summed E-state index contributed by atoms with van der Waals surface area (Å²) in [5.41, 5.74) is 0.937. The van der Waals surface area contributed by atoms with Crippen molar-refractivity contribution in [1.82, 2.24) is 0 Å². The molecule has 0 spiro atoms. The van der Waals surface area contributed by atoms with E-state index in [0.29, 0.717) is 17.9 Å². The SMILES string of the molecule is [2H]C1CCc2cc(O)c(OC)cc2O1. The molecule has 0 aromatic heterocycles. The molecule has 0 radical (unpaired) electrons. The minimum Gasteiger partial charge on any atom is -0.504 e. The van der Waals surface area contributed by atoms with Crippen LogP contribution in [-0.4, -0.2) is 18.8 Å². The molecule has 1 aliphatic rings. The number of hydrogen-bond donors (Lipinski definition) is 1. The van der Waals surface area contributed by atoms with Crippen LogP contribution in [0.1, 0.15) is 13.4 Å². The summed E-state index contributed by atoms with van der Waals surface area (Å²) in [4.78, 5) is 0. The highest BCUT2D eigenvalue weighted by molar-refractivity contribution is 5.50. The molecule has 1 aliphatic heterocycles. The molecule has 0 saturated heterocycles. The molecule has 0 saturated carbocycles. The second-order valence-corrected chi connectivity index (χ2v) is 2.95. The first-order valence-corrected chi connectivity index (χ1v) is 4.19. The normalized spacial score (nSPS) is 21.3. The fraction of sp³-hybridized carbons (Fsp3) is 0.400. The minimum atomic E-state index is -0.503. The molecule has 1 heterocycles. The maximum Gasteiger partial charge on any atom is 0.164 e. The van der Waals surface area contributed by atoms with E-state index in [1.165, 1.54) is 7.11 Å². The molecule has 0 aliphatic carbocycles. The number of phenolic OH excluding ortho intramolecular Hbond substituents is 1. The van der Waals surface area contributed by atoms with E-state index in [1.807, 2.05) is 0 Å². The number of ether oxygens (including phenoxy) is 2. The van der Waals surface area contributed by atoms with Crippen LogP contribution >= 0.6 is 0 Å². The number of benzene rings is 1. The zero-order valence-corrected chi connectivity index (χ0v) is 7.41. The molecule has 0 amide bonds. The van der Waals surface area contributed by atoms with Gasteiger partial charge in [0.15, 0.2) is 11.5 Å². The average molecular weight is 181 g/mol. The number of rotatable bonds is 1. The van der Waals surface area contributed by atoms with Crippen molar-refractivity contribution >= 4 is 0 Å². The van der Waals surface area contributed by atoms with E-state index in [1.54, 1.807) is 12.1 Å². The molecule has 3 nitrogen and oxygen atoms in total. The lowest BCUT2D eigenvalue weighted by molar-refractivity contribution is 0.283.